The van der Waals surface area contributed by atoms with Crippen molar-refractivity contribution in [3.8, 4) is 33.4 Å². The third kappa shape index (κ3) is 3.91. The third-order valence-electron chi connectivity index (χ3n) is 12.1. The Balaban J connectivity index is 1.12. The van der Waals surface area contributed by atoms with Gasteiger partial charge in [0.25, 0.3) is 0 Å². The molecule has 2 heterocycles. The van der Waals surface area contributed by atoms with Gasteiger partial charge < -0.3 is 4.42 Å². The molecule has 53 heavy (non-hydrogen) atoms. The maximum Gasteiger partial charge on any atom is 0.136 e. The maximum atomic E-state index is 6.57. The second kappa shape index (κ2) is 10.4. The smallest absolute Gasteiger partial charge is 0.136 e. The number of hydrogen-bond donors (Lipinski definition) is 0. The number of fused-ring (bicyclic) bond motifs is 14. The van der Waals surface area contributed by atoms with Crippen LogP contribution >= 0.6 is 11.3 Å². The first-order valence-corrected chi connectivity index (χ1v) is 19.2. The van der Waals surface area contributed by atoms with Crippen molar-refractivity contribution in [3.63, 3.8) is 0 Å². The van der Waals surface area contributed by atoms with E-state index in [1.54, 1.807) is 0 Å². The van der Waals surface area contributed by atoms with Gasteiger partial charge in [0.15, 0.2) is 0 Å². The van der Waals surface area contributed by atoms with Crippen LogP contribution in [0.3, 0.4) is 0 Å². The van der Waals surface area contributed by atoms with Crippen molar-refractivity contribution in [2.24, 2.45) is 0 Å². The molecule has 1 aliphatic rings. The van der Waals surface area contributed by atoms with Crippen molar-refractivity contribution in [2.45, 2.75) is 19.3 Å². The van der Waals surface area contributed by atoms with E-state index in [1.165, 1.54) is 102 Å². The summed E-state index contributed by atoms with van der Waals surface area (Å²) in [6.07, 6.45) is 0. The molecule has 9 aromatic carbocycles. The Labute approximate surface area is 310 Å². The highest BCUT2D eigenvalue weighted by molar-refractivity contribution is 7.27. The number of benzene rings is 9. The molecule has 2 aromatic heterocycles. The van der Waals surface area contributed by atoms with Crippen LogP contribution in [0.1, 0.15) is 25.0 Å². The van der Waals surface area contributed by atoms with Crippen molar-refractivity contribution in [2.75, 3.05) is 0 Å². The van der Waals surface area contributed by atoms with Crippen molar-refractivity contribution in [1.82, 2.24) is 0 Å². The highest BCUT2D eigenvalue weighted by atomic mass is 32.1. The quantitative estimate of drug-likeness (QED) is 0.164. The van der Waals surface area contributed by atoms with Gasteiger partial charge in [-0.2, -0.15) is 0 Å². The van der Waals surface area contributed by atoms with E-state index in [9.17, 15) is 0 Å². The molecule has 2 heteroatoms. The highest BCUT2D eigenvalue weighted by Gasteiger charge is 2.35. The SMILES string of the molecule is CC1(C)c2ccccc2-c2ccc(-c3c4ccccc4c(-c4ccc5oc6ccc7c(sc8ccc9ccccc9c87)c6c5c4)c4ccccc34)cc21. The normalized spacial score (nSPS) is 13.6. The van der Waals surface area contributed by atoms with Crippen LogP contribution in [-0.4, -0.2) is 0 Å². The minimum absolute atomic E-state index is 0.0663. The van der Waals surface area contributed by atoms with Crippen LogP contribution in [0.25, 0.3) is 108 Å². The van der Waals surface area contributed by atoms with Gasteiger partial charge in [0, 0.05) is 36.4 Å². The lowest BCUT2D eigenvalue weighted by molar-refractivity contribution is 0.660. The molecule has 0 spiro atoms. The van der Waals surface area contributed by atoms with Gasteiger partial charge in [0.05, 0.1) is 0 Å². The Morgan fingerprint density at radius 2 is 1.04 bits per heavy atom. The molecule has 0 unspecified atom stereocenters. The predicted octanol–water partition coefficient (Wildman–Crippen LogP) is 15.1. The summed E-state index contributed by atoms with van der Waals surface area (Å²) < 4.78 is 9.17. The van der Waals surface area contributed by atoms with E-state index in [0.29, 0.717) is 0 Å². The number of thiophene rings is 1. The van der Waals surface area contributed by atoms with Crippen molar-refractivity contribution in [3.05, 3.63) is 169 Å². The largest absolute Gasteiger partial charge is 0.456 e. The second-order valence-corrected chi connectivity index (χ2v) is 16.2. The lowest BCUT2D eigenvalue weighted by Crippen LogP contribution is -2.14. The van der Waals surface area contributed by atoms with E-state index in [4.69, 9.17) is 4.42 Å². The van der Waals surface area contributed by atoms with E-state index in [1.807, 2.05) is 11.3 Å². The Bertz CT molecular complexity index is 3320. The summed E-state index contributed by atoms with van der Waals surface area (Å²) >= 11 is 1.88. The summed E-state index contributed by atoms with van der Waals surface area (Å²) in [5.41, 5.74) is 12.3. The zero-order valence-electron chi connectivity index (χ0n) is 29.3. The summed E-state index contributed by atoms with van der Waals surface area (Å²) in [4.78, 5) is 0. The molecule has 0 atom stereocenters. The number of rotatable bonds is 2. The molecule has 0 bridgehead atoms. The Hall–Kier alpha value is -6.22. The maximum absolute atomic E-state index is 6.57. The fourth-order valence-corrected chi connectivity index (χ4v) is 10.9. The average Bonchev–Trinajstić information content (AvgIpc) is 3.84. The number of furan rings is 1. The summed E-state index contributed by atoms with van der Waals surface area (Å²) in [5, 5.41) is 12.6. The highest BCUT2D eigenvalue weighted by Crippen LogP contribution is 2.52. The molecule has 0 fully saturated rings. The fraction of sp³-hybridized carbons (Fsp3) is 0.0588. The molecule has 0 radical (unpaired) electrons. The summed E-state index contributed by atoms with van der Waals surface area (Å²) in [6, 6.07) is 58.5. The van der Waals surface area contributed by atoms with Crippen molar-refractivity contribution in [1.29, 1.82) is 0 Å². The van der Waals surface area contributed by atoms with Gasteiger partial charge in [-0.1, -0.05) is 135 Å². The Morgan fingerprint density at radius 1 is 0.434 bits per heavy atom. The third-order valence-corrected chi connectivity index (χ3v) is 13.2. The predicted molar refractivity (Wildman–Crippen MR) is 228 cm³/mol. The first kappa shape index (κ1) is 29.4. The fourth-order valence-electron chi connectivity index (χ4n) is 9.63. The van der Waals surface area contributed by atoms with Gasteiger partial charge in [-0.3, -0.25) is 0 Å². The van der Waals surface area contributed by atoms with Crippen molar-refractivity contribution < 1.29 is 4.42 Å². The standard InChI is InChI=1S/C51H32OS/c1-51(2)41-18-10-9-13-33(41)34-22-19-31(28-42(34)51)47-37-16-7-5-14-35(37)46(36-15-6-8-17-38(36)47)30-20-24-43-40(27-30)49-44(52-43)25-23-39-48-32-12-4-3-11-29(32)21-26-45(48)53-50(39)49/h3-28H,1-2H3. The average molecular weight is 693 g/mol. The second-order valence-electron chi connectivity index (χ2n) is 15.2. The van der Waals surface area contributed by atoms with Crippen LogP contribution in [0.2, 0.25) is 0 Å². The van der Waals surface area contributed by atoms with E-state index in [0.717, 1.165) is 16.6 Å². The molecule has 0 aliphatic heterocycles. The van der Waals surface area contributed by atoms with Gasteiger partial charge in [0.1, 0.15) is 11.2 Å². The molecule has 248 valence electrons. The molecule has 12 rings (SSSR count). The van der Waals surface area contributed by atoms with Crippen LogP contribution in [0.15, 0.2) is 162 Å². The summed E-state index contributed by atoms with van der Waals surface area (Å²) in [5.74, 6) is 0. The van der Waals surface area contributed by atoms with Gasteiger partial charge in [-0.15, -0.1) is 11.3 Å². The molecule has 1 nitrogen and oxygen atoms in total. The zero-order chi connectivity index (χ0) is 35.0. The zero-order valence-corrected chi connectivity index (χ0v) is 30.1. The molecule has 1 aliphatic carbocycles. The first-order valence-electron chi connectivity index (χ1n) is 18.4. The summed E-state index contributed by atoms with van der Waals surface area (Å²) in [7, 11) is 0. The van der Waals surface area contributed by atoms with Gasteiger partial charge in [-0.05, 0) is 113 Å². The van der Waals surface area contributed by atoms with Gasteiger partial charge in [-0.25, -0.2) is 0 Å². The molecule has 0 saturated heterocycles. The van der Waals surface area contributed by atoms with Crippen LogP contribution in [0, 0.1) is 0 Å². The lowest BCUT2D eigenvalue weighted by atomic mass is 9.80. The van der Waals surface area contributed by atoms with Crippen LogP contribution in [0.4, 0.5) is 0 Å². The summed E-state index contributed by atoms with van der Waals surface area (Å²) in [6.45, 7) is 4.73. The topological polar surface area (TPSA) is 13.1 Å². The van der Waals surface area contributed by atoms with E-state index in [-0.39, 0.29) is 5.41 Å². The Kier molecular flexibility index (Phi) is 5.78. The van der Waals surface area contributed by atoms with Crippen LogP contribution in [-0.2, 0) is 5.41 Å². The minimum Gasteiger partial charge on any atom is -0.456 e. The molecule has 0 amide bonds. The lowest BCUT2D eigenvalue weighted by Gasteiger charge is -2.23. The van der Waals surface area contributed by atoms with Gasteiger partial charge in [0.2, 0.25) is 0 Å². The molecular weight excluding hydrogens is 661 g/mol. The minimum atomic E-state index is -0.0663. The molecule has 0 saturated carbocycles. The molecular formula is C51H32OS. The molecule has 0 N–H and O–H groups in total. The molecule has 11 aromatic rings. The van der Waals surface area contributed by atoms with E-state index < -0.39 is 0 Å². The van der Waals surface area contributed by atoms with Gasteiger partial charge >= 0.3 is 0 Å². The number of hydrogen-bond acceptors (Lipinski definition) is 2. The Morgan fingerprint density at radius 3 is 1.79 bits per heavy atom. The first-order chi connectivity index (χ1) is 26.0. The van der Waals surface area contributed by atoms with E-state index in [2.05, 4.69) is 172 Å². The van der Waals surface area contributed by atoms with Crippen molar-refractivity contribution >= 4 is 85.8 Å². The monoisotopic (exact) mass is 692 g/mol. The van der Waals surface area contributed by atoms with Crippen LogP contribution in [0.5, 0.6) is 0 Å². The van der Waals surface area contributed by atoms with Crippen LogP contribution < -0.4 is 0 Å². The van der Waals surface area contributed by atoms with E-state index >= 15 is 0 Å².